The number of fused-ring (bicyclic) bond motifs is 2. The van der Waals surface area contributed by atoms with Crippen LogP contribution in [0.2, 0.25) is 0 Å². The largest absolute Gasteiger partial charge is 0.339 e. The number of aryl methyl sites for hydroxylation is 1. The second-order valence-electron chi connectivity index (χ2n) is 5.35. The third kappa shape index (κ3) is 2.02. The van der Waals surface area contributed by atoms with Crippen molar-refractivity contribution >= 4 is 5.95 Å². The van der Waals surface area contributed by atoms with Gasteiger partial charge in [-0.25, -0.2) is 9.97 Å². The minimum atomic E-state index is 0.687. The first-order valence-electron chi connectivity index (χ1n) is 6.49. The lowest BCUT2D eigenvalue weighted by Crippen LogP contribution is -2.37. The Bertz CT molecular complexity index is 389. The highest BCUT2D eigenvalue weighted by molar-refractivity contribution is 5.31. The van der Waals surface area contributed by atoms with Gasteiger partial charge in [0, 0.05) is 37.6 Å². The van der Waals surface area contributed by atoms with Crippen molar-refractivity contribution in [1.29, 1.82) is 0 Å². The molecular weight excluding hydrogens is 212 g/mol. The van der Waals surface area contributed by atoms with Crippen molar-refractivity contribution < 1.29 is 0 Å². The van der Waals surface area contributed by atoms with Gasteiger partial charge in [-0.1, -0.05) is 0 Å². The monoisotopic (exact) mass is 232 g/mol. The molecule has 2 unspecified atom stereocenters. The lowest BCUT2D eigenvalue weighted by atomic mass is 10.1. The van der Waals surface area contributed by atoms with Crippen molar-refractivity contribution in [3.63, 3.8) is 0 Å². The normalized spacial score (nSPS) is 29.4. The molecule has 2 fully saturated rings. The van der Waals surface area contributed by atoms with Gasteiger partial charge in [-0.2, -0.15) is 0 Å². The second kappa shape index (κ2) is 4.26. The van der Waals surface area contributed by atoms with Gasteiger partial charge in [0.05, 0.1) is 0 Å². The van der Waals surface area contributed by atoms with Crippen molar-refractivity contribution in [2.75, 3.05) is 25.0 Å². The summed E-state index contributed by atoms with van der Waals surface area (Å²) in [5.41, 5.74) is 1.13. The fourth-order valence-electron chi connectivity index (χ4n) is 3.04. The van der Waals surface area contributed by atoms with Crippen LogP contribution >= 0.6 is 0 Å². The second-order valence-corrected chi connectivity index (χ2v) is 5.35. The first-order chi connectivity index (χ1) is 8.24. The smallest absolute Gasteiger partial charge is 0.225 e. The summed E-state index contributed by atoms with van der Waals surface area (Å²) in [5, 5.41) is 0. The van der Waals surface area contributed by atoms with E-state index in [1.165, 1.54) is 19.3 Å². The number of hydrogen-bond donors (Lipinski definition) is 0. The third-order valence-corrected chi connectivity index (χ3v) is 4.20. The molecule has 4 nitrogen and oxygen atoms in total. The molecule has 2 atom stereocenters. The van der Waals surface area contributed by atoms with Crippen LogP contribution < -0.4 is 4.90 Å². The molecule has 0 radical (unpaired) electrons. The van der Waals surface area contributed by atoms with Gasteiger partial charge in [0.2, 0.25) is 5.95 Å². The van der Waals surface area contributed by atoms with Gasteiger partial charge >= 0.3 is 0 Å². The van der Waals surface area contributed by atoms with Gasteiger partial charge in [-0.15, -0.1) is 0 Å². The zero-order chi connectivity index (χ0) is 11.8. The molecule has 0 aromatic carbocycles. The van der Waals surface area contributed by atoms with Crippen molar-refractivity contribution in [1.82, 2.24) is 14.9 Å². The molecule has 2 bridgehead atoms. The molecule has 3 heterocycles. The van der Waals surface area contributed by atoms with Crippen LogP contribution in [0.4, 0.5) is 5.95 Å². The van der Waals surface area contributed by atoms with Crippen molar-refractivity contribution in [3.05, 3.63) is 18.0 Å². The van der Waals surface area contributed by atoms with E-state index in [9.17, 15) is 0 Å². The minimum absolute atomic E-state index is 0.687. The Balaban J connectivity index is 1.79. The lowest BCUT2D eigenvalue weighted by molar-refractivity contribution is 0.254. The third-order valence-electron chi connectivity index (χ3n) is 4.20. The van der Waals surface area contributed by atoms with Crippen molar-refractivity contribution in [2.45, 2.75) is 38.3 Å². The topological polar surface area (TPSA) is 32.3 Å². The molecule has 2 saturated heterocycles. The highest BCUT2D eigenvalue weighted by Crippen LogP contribution is 2.29. The van der Waals surface area contributed by atoms with E-state index >= 15 is 0 Å². The number of likely N-dealkylation sites (N-methyl/N-ethyl adjacent to an activating group) is 1. The number of aromatic nitrogens is 2. The predicted octanol–water partition coefficient (Wildman–Crippen LogP) is 1.46. The van der Waals surface area contributed by atoms with Gasteiger partial charge in [-0.3, -0.25) is 4.90 Å². The molecule has 0 spiro atoms. The van der Waals surface area contributed by atoms with Gasteiger partial charge in [0.15, 0.2) is 0 Å². The average molecular weight is 232 g/mol. The van der Waals surface area contributed by atoms with E-state index in [1.54, 1.807) is 0 Å². The van der Waals surface area contributed by atoms with Crippen LogP contribution in [0.15, 0.2) is 12.4 Å². The average Bonchev–Trinajstić information content (AvgIpc) is 2.55. The predicted molar refractivity (Wildman–Crippen MR) is 68.2 cm³/mol. The highest BCUT2D eigenvalue weighted by atomic mass is 15.3. The summed E-state index contributed by atoms with van der Waals surface area (Å²) in [5.74, 6) is 0.900. The molecule has 2 aliphatic rings. The minimum Gasteiger partial charge on any atom is -0.339 e. The summed E-state index contributed by atoms with van der Waals surface area (Å²) in [6, 6.07) is 1.46. The molecular formula is C13H20N4. The molecule has 0 saturated carbocycles. The van der Waals surface area contributed by atoms with Crippen molar-refractivity contribution in [3.8, 4) is 0 Å². The van der Waals surface area contributed by atoms with Gasteiger partial charge in [0.25, 0.3) is 0 Å². The van der Waals surface area contributed by atoms with E-state index < -0.39 is 0 Å². The van der Waals surface area contributed by atoms with E-state index in [-0.39, 0.29) is 0 Å². The number of anilines is 1. The number of nitrogens with zero attached hydrogens (tertiary/aromatic N) is 4. The summed E-state index contributed by atoms with van der Waals surface area (Å²) in [6.07, 6.45) is 7.75. The summed E-state index contributed by atoms with van der Waals surface area (Å²) >= 11 is 0. The van der Waals surface area contributed by atoms with E-state index in [0.717, 1.165) is 30.6 Å². The van der Waals surface area contributed by atoms with Crippen LogP contribution in [0.25, 0.3) is 0 Å². The van der Waals surface area contributed by atoms with E-state index in [1.807, 2.05) is 19.3 Å². The van der Waals surface area contributed by atoms with Crippen LogP contribution in [-0.2, 0) is 0 Å². The first-order valence-corrected chi connectivity index (χ1v) is 6.49. The Kier molecular flexibility index (Phi) is 2.74. The molecule has 4 heteroatoms. The Hall–Kier alpha value is -1.16. The van der Waals surface area contributed by atoms with Crippen molar-refractivity contribution in [2.24, 2.45) is 0 Å². The molecule has 2 aliphatic heterocycles. The molecule has 0 N–H and O–H groups in total. The molecule has 0 amide bonds. The maximum atomic E-state index is 4.45. The Morgan fingerprint density at radius 1 is 1.12 bits per heavy atom. The van der Waals surface area contributed by atoms with E-state index in [0.29, 0.717) is 6.04 Å². The molecule has 17 heavy (non-hydrogen) atoms. The quantitative estimate of drug-likeness (QED) is 0.734. The van der Waals surface area contributed by atoms with E-state index in [4.69, 9.17) is 0 Å². The van der Waals surface area contributed by atoms with E-state index in [2.05, 4.69) is 26.8 Å². The number of rotatable bonds is 1. The maximum absolute atomic E-state index is 4.45. The summed E-state index contributed by atoms with van der Waals surface area (Å²) in [4.78, 5) is 13.8. The van der Waals surface area contributed by atoms with Crippen LogP contribution in [0, 0.1) is 6.92 Å². The fourth-order valence-corrected chi connectivity index (χ4v) is 3.04. The van der Waals surface area contributed by atoms with Crippen LogP contribution in [0.3, 0.4) is 0 Å². The molecule has 0 aliphatic carbocycles. The maximum Gasteiger partial charge on any atom is 0.225 e. The molecule has 92 valence electrons. The lowest BCUT2D eigenvalue weighted by Gasteiger charge is -2.25. The van der Waals surface area contributed by atoms with Crippen LogP contribution in [-0.4, -0.2) is 47.1 Å². The summed E-state index contributed by atoms with van der Waals surface area (Å²) < 4.78 is 0. The first kappa shape index (κ1) is 11.0. The van der Waals surface area contributed by atoms with Crippen LogP contribution in [0.5, 0.6) is 0 Å². The molecule has 3 rings (SSSR count). The zero-order valence-corrected chi connectivity index (χ0v) is 10.6. The highest BCUT2D eigenvalue weighted by Gasteiger charge is 2.35. The molecule has 1 aromatic rings. The Labute approximate surface area is 103 Å². The molecule has 1 aromatic heterocycles. The Morgan fingerprint density at radius 3 is 2.59 bits per heavy atom. The Morgan fingerprint density at radius 2 is 1.82 bits per heavy atom. The van der Waals surface area contributed by atoms with Gasteiger partial charge < -0.3 is 4.90 Å². The standard InChI is InChI=1S/C13H20N4/c1-10-7-14-13(15-8-10)17-6-5-11-3-4-12(9-17)16(11)2/h7-8,11-12H,3-6,9H2,1-2H3. The van der Waals surface area contributed by atoms with Gasteiger partial charge in [-0.05, 0) is 38.8 Å². The zero-order valence-electron chi connectivity index (χ0n) is 10.6. The van der Waals surface area contributed by atoms with Crippen LogP contribution in [0.1, 0.15) is 24.8 Å². The summed E-state index contributed by atoms with van der Waals surface area (Å²) in [6.45, 7) is 4.20. The summed E-state index contributed by atoms with van der Waals surface area (Å²) in [7, 11) is 2.27. The SMILES string of the molecule is Cc1cnc(N2CCC3CCC(C2)N3C)nc1. The number of hydrogen-bond acceptors (Lipinski definition) is 4. The van der Waals surface area contributed by atoms with Gasteiger partial charge in [0.1, 0.15) is 0 Å². The fraction of sp³-hybridized carbons (Fsp3) is 0.692.